The summed E-state index contributed by atoms with van der Waals surface area (Å²) in [4.78, 5) is 40.9. The topological polar surface area (TPSA) is 97.4 Å². The first-order valence-corrected chi connectivity index (χ1v) is 9.27. The highest BCUT2D eigenvalue weighted by Crippen LogP contribution is 2.30. The number of hydrogen-bond acceptors (Lipinski definition) is 5. The lowest BCUT2D eigenvalue weighted by Crippen LogP contribution is -2.41. The Bertz CT molecular complexity index is 952. The number of aromatic nitrogens is 1. The zero-order chi connectivity index (χ0) is 20.1. The highest BCUT2D eigenvalue weighted by atomic mass is 16.5. The van der Waals surface area contributed by atoms with Gasteiger partial charge in [0.1, 0.15) is 0 Å². The minimum Gasteiger partial charge on any atom is -0.452 e. The third-order valence-corrected chi connectivity index (χ3v) is 4.62. The van der Waals surface area contributed by atoms with Gasteiger partial charge < -0.3 is 10.1 Å². The van der Waals surface area contributed by atoms with E-state index in [2.05, 4.69) is 17.2 Å². The van der Waals surface area contributed by atoms with Gasteiger partial charge in [0.25, 0.3) is 5.91 Å². The Morgan fingerprint density at radius 3 is 2.82 bits per heavy atom. The number of rotatable bonds is 5. The van der Waals surface area contributed by atoms with Crippen molar-refractivity contribution < 1.29 is 19.1 Å². The van der Waals surface area contributed by atoms with Crippen molar-refractivity contribution in [1.82, 2.24) is 15.6 Å². The van der Waals surface area contributed by atoms with Crippen LogP contribution in [0.5, 0.6) is 0 Å². The monoisotopic (exact) mass is 381 g/mol. The van der Waals surface area contributed by atoms with Gasteiger partial charge in [-0.2, -0.15) is 0 Å². The number of imide groups is 1. The summed E-state index contributed by atoms with van der Waals surface area (Å²) in [5.41, 5.74) is 4.05. The van der Waals surface area contributed by atoms with Crippen LogP contribution in [0.2, 0.25) is 0 Å². The number of aryl methyl sites for hydroxylation is 2. The molecule has 0 radical (unpaired) electrons. The molecule has 3 rings (SSSR count). The molecule has 0 saturated heterocycles. The number of carbonyl (C=O) groups excluding carboxylic acids is 3. The van der Waals surface area contributed by atoms with Crippen molar-refractivity contribution in [2.75, 3.05) is 13.2 Å². The zero-order valence-corrected chi connectivity index (χ0v) is 15.8. The maximum Gasteiger partial charge on any atom is 0.339 e. The van der Waals surface area contributed by atoms with Gasteiger partial charge in [-0.15, -0.1) is 6.58 Å². The van der Waals surface area contributed by atoms with Crippen LogP contribution in [0.4, 0.5) is 4.79 Å². The summed E-state index contributed by atoms with van der Waals surface area (Å²) in [6.07, 6.45) is 5.09. The quantitative estimate of drug-likeness (QED) is 0.613. The first-order valence-electron chi connectivity index (χ1n) is 9.27. The second-order valence-electron chi connectivity index (χ2n) is 6.76. The van der Waals surface area contributed by atoms with Crippen LogP contribution in [-0.2, 0) is 22.4 Å². The molecule has 0 unspecified atom stereocenters. The summed E-state index contributed by atoms with van der Waals surface area (Å²) in [7, 11) is 0. The third kappa shape index (κ3) is 4.36. The molecule has 1 aromatic carbocycles. The van der Waals surface area contributed by atoms with Crippen molar-refractivity contribution in [2.45, 2.75) is 32.6 Å². The molecule has 0 aliphatic heterocycles. The molecule has 146 valence electrons. The summed E-state index contributed by atoms with van der Waals surface area (Å²) < 4.78 is 5.23. The van der Waals surface area contributed by atoms with E-state index < -0.39 is 24.5 Å². The third-order valence-electron chi connectivity index (χ3n) is 4.62. The minimum atomic E-state index is -0.696. The molecule has 0 fully saturated rings. The van der Waals surface area contributed by atoms with Crippen LogP contribution in [0.25, 0.3) is 10.9 Å². The predicted octanol–water partition coefficient (Wildman–Crippen LogP) is 2.59. The van der Waals surface area contributed by atoms with Gasteiger partial charge in [-0.3, -0.25) is 15.1 Å². The molecule has 2 N–H and O–H groups in total. The molecule has 0 saturated carbocycles. The lowest BCUT2D eigenvalue weighted by molar-refractivity contribution is -0.123. The van der Waals surface area contributed by atoms with Gasteiger partial charge in [0, 0.05) is 17.6 Å². The molecule has 28 heavy (non-hydrogen) atoms. The molecule has 7 heteroatoms. The van der Waals surface area contributed by atoms with Crippen LogP contribution in [-0.4, -0.2) is 36.0 Å². The maximum atomic E-state index is 12.9. The predicted molar refractivity (Wildman–Crippen MR) is 105 cm³/mol. The summed E-state index contributed by atoms with van der Waals surface area (Å²) >= 11 is 0. The Morgan fingerprint density at radius 2 is 2.04 bits per heavy atom. The van der Waals surface area contributed by atoms with E-state index in [-0.39, 0.29) is 6.54 Å². The Kier molecular flexibility index (Phi) is 6.03. The number of esters is 1. The molecule has 1 aromatic heterocycles. The van der Waals surface area contributed by atoms with Crippen molar-refractivity contribution in [3.63, 3.8) is 0 Å². The maximum absolute atomic E-state index is 12.9. The highest BCUT2D eigenvalue weighted by Gasteiger charge is 2.24. The fraction of sp³-hybridized carbons (Fsp3) is 0.333. The number of carbonyl (C=O) groups is 3. The number of ether oxygens (including phenoxy) is 1. The van der Waals surface area contributed by atoms with E-state index in [1.807, 2.05) is 25.1 Å². The standard InChI is InChI=1S/C21H23N3O4/c1-3-10-22-21(27)24-18(25)12-28-20(26)19-14-6-4-5-7-16(14)23-17-9-8-13(2)11-15(17)19/h3,8-9,11H,1,4-7,10,12H2,2H3,(H2,22,24,25,27). The van der Waals surface area contributed by atoms with Crippen LogP contribution in [0.1, 0.15) is 40.0 Å². The van der Waals surface area contributed by atoms with Crippen LogP contribution in [0.15, 0.2) is 30.9 Å². The van der Waals surface area contributed by atoms with Crippen molar-refractivity contribution in [2.24, 2.45) is 0 Å². The van der Waals surface area contributed by atoms with Crippen LogP contribution >= 0.6 is 0 Å². The second-order valence-corrected chi connectivity index (χ2v) is 6.76. The molecule has 0 spiro atoms. The Morgan fingerprint density at radius 1 is 1.25 bits per heavy atom. The molecular formula is C21H23N3O4. The summed E-state index contributed by atoms with van der Waals surface area (Å²) in [6.45, 7) is 5.11. The number of nitrogens with one attached hydrogen (secondary N) is 2. The minimum absolute atomic E-state index is 0.230. The average Bonchev–Trinajstić information content (AvgIpc) is 2.68. The van der Waals surface area contributed by atoms with E-state index in [0.717, 1.165) is 53.4 Å². The largest absolute Gasteiger partial charge is 0.452 e. The lowest BCUT2D eigenvalue weighted by atomic mass is 9.89. The molecule has 0 bridgehead atoms. The highest BCUT2D eigenvalue weighted by molar-refractivity contribution is 6.06. The molecule has 0 atom stereocenters. The van der Waals surface area contributed by atoms with E-state index >= 15 is 0 Å². The van der Waals surface area contributed by atoms with Crippen molar-refractivity contribution >= 4 is 28.8 Å². The molecule has 1 aliphatic rings. The zero-order valence-electron chi connectivity index (χ0n) is 15.8. The Balaban J connectivity index is 1.81. The fourth-order valence-corrected chi connectivity index (χ4v) is 3.35. The van der Waals surface area contributed by atoms with Crippen molar-refractivity contribution in [3.8, 4) is 0 Å². The number of urea groups is 1. The molecule has 1 heterocycles. The first-order chi connectivity index (χ1) is 13.5. The number of nitrogens with zero attached hydrogens (tertiary/aromatic N) is 1. The molecule has 7 nitrogen and oxygen atoms in total. The van der Waals surface area contributed by atoms with E-state index in [0.29, 0.717) is 5.56 Å². The van der Waals surface area contributed by atoms with Crippen LogP contribution < -0.4 is 10.6 Å². The fourth-order valence-electron chi connectivity index (χ4n) is 3.35. The van der Waals surface area contributed by atoms with Gasteiger partial charge in [-0.1, -0.05) is 17.7 Å². The van der Waals surface area contributed by atoms with Crippen molar-refractivity contribution in [1.29, 1.82) is 0 Å². The first kappa shape index (κ1) is 19.5. The average molecular weight is 381 g/mol. The molecule has 3 amide bonds. The lowest BCUT2D eigenvalue weighted by Gasteiger charge is -2.20. The van der Waals surface area contributed by atoms with Gasteiger partial charge in [-0.05, 0) is 50.3 Å². The Labute approximate surface area is 163 Å². The number of amides is 3. The van der Waals surface area contributed by atoms with Crippen LogP contribution in [0, 0.1) is 6.92 Å². The van der Waals surface area contributed by atoms with E-state index in [9.17, 15) is 14.4 Å². The van der Waals surface area contributed by atoms with Gasteiger partial charge in [0.15, 0.2) is 6.61 Å². The summed E-state index contributed by atoms with van der Waals surface area (Å²) in [5.74, 6) is -1.27. The Hall–Kier alpha value is -3.22. The van der Waals surface area contributed by atoms with E-state index in [1.165, 1.54) is 6.08 Å². The van der Waals surface area contributed by atoms with Crippen molar-refractivity contribution in [3.05, 3.63) is 53.2 Å². The van der Waals surface area contributed by atoms with E-state index in [1.54, 1.807) is 0 Å². The van der Waals surface area contributed by atoms with E-state index in [4.69, 9.17) is 9.72 Å². The summed E-state index contributed by atoms with van der Waals surface area (Å²) in [6, 6.07) is 5.10. The van der Waals surface area contributed by atoms with Gasteiger partial charge >= 0.3 is 12.0 Å². The van der Waals surface area contributed by atoms with Crippen LogP contribution in [0.3, 0.4) is 0 Å². The van der Waals surface area contributed by atoms with Gasteiger partial charge in [0.05, 0.1) is 11.1 Å². The number of benzene rings is 1. The number of pyridine rings is 1. The molecular weight excluding hydrogens is 358 g/mol. The van der Waals surface area contributed by atoms with Gasteiger partial charge in [-0.25, -0.2) is 9.59 Å². The smallest absolute Gasteiger partial charge is 0.339 e. The van der Waals surface area contributed by atoms with Gasteiger partial charge in [0.2, 0.25) is 0 Å². The molecule has 1 aliphatic carbocycles. The SMILES string of the molecule is C=CCNC(=O)NC(=O)COC(=O)c1c2c(nc3ccc(C)cc13)CCCC2. The second kappa shape index (κ2) is 8.65. The summed E-state index contributed by atoms with van der Waals surface area (Å²) in [5, 5.41) is 5.25. The number of hydrogen-bond donors (Lipinski definition) is 2. The number of fused-ring (bicyclic) bond motifs is 2. The molecule has 2 aromatic rings. The normalized spacial score (nSPS) is 12.8.